The van der Waals surface area contributed by atoms with E-state index >= 15 is 0 Å². The molecule has 0 nitrogen and oxygen atoms in total. The minimum absolute atomic E-state index is 0.234. The van der Waals surface area contributed by atoms with Crippen molar-refractivity contribution in [2.75, 3.05) is 0 Å². The molecule has 1 unspecified atom stereocenters. The van der Waals surface area contributed by atoms with E-state index in [0.29, 0.717) is 5.92 Å². The van der Waals surface area contributed by atoms with Crippen molar-refractivity contribution in [1.82, 2.24) is 0 Å². The fraction of sp³-hybridized carbons (Fsp3) is 0.625. The molecule has 0 aliphatic heterocycles. The predicted octanol–water partition coefficient (Wildman–Crippen LogP) is 5.14. The van der Waals surface area contributed by atoms with Gasteiger partial charge in [0.25, 0.3) is 0 Å². The van der Waals surface area contributed by atoms with Crippen LogP contribution in [0, 0.1) is 16.7 Å². The van der Waals surface area contributed by atoms with Gasteiger partial charge in [0.2, 0.25) is 0 Å². The van der Waals surface area contributed by atoms with Crippen molar-refractivity contribution in [2.45, 2.75) is 48.0 Å². The first-order valence-corrected chi connectivity index (χ1v) is 6.20. The number of hydrogen-bond acceptors (Lipinski definition) is 0. The molecule has 0 N–H and O–H groups in total. The predicted molar refractivity (Wildman–Crippen MR) is 73.4 cm³/mol. The smallest absolute Gasteiger partial charge is 0.00126 e. The Kier molecular flexibility index (Phi) is 3.52. The highest BCUT2D eigenvalue weighted by molar-refractivity contribution is 5.36. The highest BCUT2D eigenvalue weighted by Crippen LogP contribution is 2.40. The van der Waals surface area contributed by atoms with Gasteiger partial charge in [0.15, 0.2) is 0 Å². The first kappa shape index (κ1) is 13.3. The average Bonchev–Trinajstić information content (AvgIpc) is 2.14. The Bertz CT molecular complexity index is 326. The zero-order valence-corrected chi connectivity index (χ0v) is 11.7. The normalized spacial score (nSPS) is 22.5. The van der Waals surface area contributed by atoms with Crippen LogP contribution in [0.25, 0.3) is 0 Å². The fourth-order valence-corrected chi connectivity index (χ4v) is 1.98. The number of hydrogen-bond donors (Lipinski definition) is 0. The van der Waals surface area contributed by atoms with E-state index in [2.05, 4.69) is 66.3 Å². The molecule has 1 aliphatic carbocycles. The summed E-state index contributed by atoms with van der Waals surface area (Å²) in [6.07, 6.45) is 7.99. The van der Waals surface area contributed by atoms with Crippen LogP contribution in [0.2, 0.25) is 0 Å². The largest absolute Gasteiger partial charge is 0.102 e. The minimum atomic E-state index is 0.234. The molecule has 0 saturated carbocycles. The van der Waals surface area contributed by atoms with Gasteiger partial charge in [-0.3, -0.25) is 0 Å². The highest BCUT2D eigenvalue weighted by Gasteiger charge is 2.26. The van der Waals surface area contributed by atoms with Crippen LogP contribution >= 0.6 is 0 Å². The monoisotopic (exact) mass is 218 g/mol. The van der Waals surface area contributed by atoms with E-state index in [9.17, 15) is 0 Å². The summed E-state index contributed by atoms with van der Waals surface area (Å²) in [6.45, 7) is 17.7. The van der Waals surface area contributed by atoms with Gasteiger partial charge in [-0.05, 0) is 28.7 Å². The van der Waals surface area contributed by atoms with Crippen molar-refractivity contribution in [3.8, 4) is 0 Å². The maximum Gasteiger partial charge on any atom is -0.00126 e. The van der Waals surface area contributed by atoms with Gasteiger partial charge in [0, 0.05) is 0 Å². The summed E-state index contributed by atoms with van der Waals surface area (Å²) >= 11 is 0. The van der Waals surface area contributed by atoms with Crippen molar-refractivity contribution in [1.29, 1.82) is 0 Å². The Balaban J connectivity index is 3.12. The molecule has 0 fully saturated rings. The molecule has 0 aromatic heterocycles. The third kappa shape index (κ3) is 3.10. The van der Waals surface area contributed by atoms with Crippen LogP contribution in [0.4, 0.5) is 0 Å². The summed E-state index contributed by atoms with van der Waals surface area (Å²) in [6, 6.07) is 0. The molecule has 0 spiro atoms. The van der Waals surface area contributed by atoms with Crippen LogP contribution < -0.4 is 0 Å². The van der Waals surface area contributed by atoms with Crippen molar-refractivity contribution in [3.63, 3.8) is 0 Å². The van der Waals surface area contributed by atoms with E-state index in [4.69, 9.17) is 0 Å². The first-order chi connectivity index (χ1) is 7.14. The lowest BCUT2D eigenvalue weighted by atomic mass is 9.72. The first-order valence-electron chi connectivity index (χ1n) is 6.20. The molecule has 16 heavy (non-hydrogen) atoms. The number of allylic oxidation sites excluding steroid dienone is 5. The van der Waals surface area contributed by atoms with Crippen LogP contribution in [0.3, 0.4) is 0 Å². The summed E-state index contributed by atoms with van der Waals surface area (Å²) in [7, 11) is 0. The molecular weight excluding hydrogens is 192 g/mol. The van der Waals surface area contributed by atoms with Gasteiger partial charge in [-0.1, -0.05) is 65.3 Å². The Hall–Kier alpha value is -0.780. The van der Waals surface area contributed by atoms with Gasteiger partial charge in [0.05, 0.1) is 0 Å². The van der Waals surface area contributed by atoms with Gasteiger partial charge in [0.1, 0.15) is 0 Å². The molecule has 0 radical (unpaired) electrons. The molecule has 0 heteroatoms. The zero-order valence-electron chi connectivity index (χ0n) is 11.7. The molecule has 0 amide bonds. The van der Waals surface area contributed by atoms with E-state index in [1.807, 2.05) is 0 Å². The molecule has 1 atom stereocenters. The molecule has 90 valence electrons. The van der Waals surface area contributed by atoms with E-state index in [-0.39, 0.29) is 10.8 Å². The average molecular weight is 218 g/mol. The van der Waals surface area contributed by atoms with Crippen LogP contribution in [0.5, 0.6) is 0 Å². The second-order valence-corrected chi connectivity index (χ2v) is 6.90. The summed E-state index contributed by atoms with van der Waals surface area (Å²) in [4.78, 5) is 0. The van der Waals surface area contributed by atoms with Gasteiger partial charge < -0.3 is 0 Å². The van der Waals surface area contributed by atoms with Gasteiger partial charge in [-0.25, -0.2) is 0 Å². The summed E-state index contributed by atoms with van der Waals surface area (Å²) in [5.74, 6) is 0.508. The second-order valence-electron chi connectivity index (χ2n) is 6.90. The Morgan fingerprint density at radius 1 is 1.12 bits per heavy atom. The van der Waals surface area contributed by atoms with Crippen LogP contribution in [0.15, 0.2) is 36.0 Å². The molecule has 0 heterocycles. The maximum atomic E-state index is 3.95. The van der Waals surface area contributed by atoms with Gasteiger partial charge >= 0.3 is 0 Å². The van der Waals surface area contributed by atoms with E-state index in [1.54, 1.807) is 5.57 Å². The molecule has 0 aromatic rings. The van der Waals surface area contributed by atoms with Crippen molar-refractivity contribution < 1.29 is 0 Å². The van der Waals surface area contributed by atoms with Gasteiger partial charge in [-0.15, -0.1) is 6.58 Å². The zero-order chi connectivity index (χ0) is 12.6. The van der Waals surface area contributed by atoms with Crippen LogP contribution in [-0.2, 0) is 0 Å². The number of rotatable bonds is 1. The van der Waals surface area contributed by atoms with E-state index in [1.165, 1.54) is 5.57 Å². The summed E-state index contributed by atoms with van der Waals surface area (Å²) in [5, 5.41) is 0. The molecule has 0 aromatic carbocycles. The minimum Gasteiger partial charge on any atom is -0.102 e. The lowest BCUT2D eigenvalue weighted by molar-refractivity contribution is 0.450. The second kappa shape index (κ2) is 4.24. The SMILES string of the molecule is C=CC1C=C(C(C)(C)C)C=C(C(C)(C)C)C1. The topological polar surface area (TPSA) is 0 Å². The Morgan fingerprint density at radius 2 is 1.69 bits per heavy atom. The lowest BCUT2D eigenvalue weighted by Gasteiger charge is -2.33. The maximum absolute atomic E-state index is 3.95. The van der Waals surface area contributed by atoms with Crippen molar-refractivity contribution >= 4 is 0 Å². The fourth-order valence-electron chi connectivity index (χ4n) is 1.98. The van der Waals surface area contributed by atoms with Crippen molar-refractivity contribution in [3.05, 3.63) is 36.0 Å². The van der Waals surface area contributed by atoms with Crippen LogP contribution in [0.1, 0.15) is 48.0 Å². The van der Waals surface area contributed by atoms with Crippen molar-refractivity contribution in [2.24, 2.45) is 16.7 Å². The quantitative estimate of drug-likeness (QED) is 0.535. The molecule has 0 saturated heterocycles. The van der Waals surface area contributed by atoms with Crippen LogP contribution in [-0.4, -0.2) is 0 Å². The standard InChI is InChI=1S/C16H26/c1-8-12-9-13(15(2,3)4)11-14(10-12)16(5,6)7/h8-9,11-12H,1,10H2,2-7H3. The Morgan fingerprint density at radius 3 is 2.06 bits per heavy atom. The summed E-state index contributed by atoms with van der Waals surface area (Å²) < 4.78 is 0. The summed E-state index contributed by atoms with van der Waals surface area (Å²) in [5.41, 5.74) is 3.50. The molecule has 1 aliphatic rings. The lowest BCUT2D eigenvalue weighted by Crippen LogP contribution is -2.19. The van der Waals surface area contributed by atoms with E-state index in [0.717, 1.165) is 6.42 Å². The van der Waals surface area contributed by atoms with E-state index < -0.39 is 0 Å². The highest BCUT2D eigenvalue weighted by atomic mass is 14.3. The molecular formula is C16H26. The molecule has 0 bridgehead atoms. The third-order valence-corrected chi connectivity index (χ3v) is 3.31. The Labute approximate surface area is 101 Å². The van der Waals surface area contributed by atoms with Gasteiger partial charge in [-0.2, -0.15) is 0 Å². The molecule has 1 rings (SSSR count). The third-order valence-electron chi connectivity index (χ3n) is 3.31.